The molecule has 0 aromatic heterocycles. The predicted octanol–water partition coefficient (Wildman–Crippen LogP) is 2.97. The van der Waals surface area contributed by atoms with Crippen molar-refractivity contribution in [2.24, 2.45) is 5.73 Å². The van der Waals surface area contributed by atoms with Gasteiger partial charge in [0.25, 0.3) is 0 Å². The Morgan fingerprint density at radius 2 is 1.77 bits per heavy atom. The van der Waals surface area contributed by atoms with Crippen LogP contribution < -0.4 is 15.2 Å². The van der Waals surface area contributed by atoms with Gasteiger partial charge < -0.3 is 20.1 Å². The Morgan fingerprint density at radius 3 is 2.48 bits per heavy atom. The van der Waals surface area contributed by atoms with Crippen molar-refractivity contribution < 1.29 is 14.3 Å². The molecule has 31 heavy (non-hydrogen) atoms. The van der Waals surface area contributed by atoms with E-state index >= 15 is 0 Å². The van der Waals surface area contributed by atoms with E-state index in [9.17, 15) is 4.79 Å². The molecule has 3 aliphatic heterocycles. The lowest BCUT2D eigenvalue weighted by Gasteiger charge is -2.26. The number of fused-ring (bicyclic) bond motifs is 1. The van der Waals surface area contributed by atoms with Gasteiger partial charge in [0.1, 0.15) is 13.2 Å². The monoisotopic (exact) mass is 437 g/mol. The summed E-state index contributed by atoms with van der Waals surface area (Å²) in [7, 11) is 0. The lowest BCUT2D eigenvalue weighted by molar-refractivity contribution is -0.131. The first-order valence-corrected chi connectivity index (χ1v) is 11.5. The van der Waals surface area contributed by atoms with Crippen molar-refractivity contribution in [3.8, 4) is 11.5 Å². The van der Waals surface area contributed by atoms with Crippen LogP contribution in [-0.2, 0) is 4.79 Å². The van der Waals surface area contributed by atoms with Gasteiger partial charge in [-0.2, -0.15) is 0 Å². The Morgan fingerprint density at radius 1 is 1.03 bits per heavy atom. The molecule has 0 saturated heterocycles. The van der Waals surface area contributed by atoms with Crippen LogP contribution in [0.15, 0.2) is 58.5 Å². The molecule has 7 heteroatoms. The molecule has 2 aromatic carbocycles. The lowest BCUT2D eigenvalue weighted by Crippen LogP contribution is -2.38. The summed E-state index contributed by atoms with van der Waals surface area (Å²) >= 11 is 1.73. The second-order valence-electron chi connectivity index (χ2n) is 8.30. The van der Waals surface area contributed by atoms with Crippen molar-refractivity contribution in [2.75, 3.05) is 45.9 Å². The fraction of sp³-hybridized carbons (Fsp3) is 0.375. The van der Waals surface area contributed by atoms with E-state index in [-0.39, 0.29) is 11.8 Å². The minimum Gasteiger partial charge on any atom is -0.486 e. The zero-order valence-electron chi connectivity index (χ0n) is 17.7. The Labute approximate surface area is 187 Å². The molecule has 3 heterocycles. The fourth-order valence-corrected chi connectivity index (χ4v) is 5.51. The molecule has 0 spiro atoms. The first-order chi connectivity index (χ1) is 15.1. The number of nitrogens with two attached hydrogens (primary N) is 1. The summed E-state index contributed by atoms with van der Waals surface area (Å²) in [5.74, 6) is 1.49. The Bertz CT molecular complexity index is 1020. The smallest absolute Gasteiger partial charge is 0.231 e. The van der Waals surface area contributed by atoms with E-state index in [0.29, 0.717) is 32.8 Å². The molecule has 1 amide bonds. The summed E-state index contributed by atoms with van der Waals surface area (Å²) in [6.07, 6.45) is 0. The van der Waals surface area contributed by atoms with Gasteiger partial charge in [-0.15, -0.1) is 0 Å². The maximum Gasteiger partial charge on any atom is 0.231 e. The van der Waals surface area contributed by atoms with E-state index in [1.54, 1.807) is 11.9 Å². The highest BCUT2D eigenvalue weighted by Gasteiger charge is 2.35. The summed E-state index contributed by atoms with van der Waals surface area (Å²) in [4.78, 5) is 16.3. The second kappa shape index (κ2) is 8.57. The van der Waals surface area contributed by atoms with Crippen LogP contribution in [0.5, 0.6) is 11.5 Å². The summed E-state index contributed by atoms with van der Waals surface area (Å²) < 4.78 is 13.7. The Hall–Kier alpha value is -2.48. The van der Waals surface area contributed by atoms with E-state index in [2.05, 4.69) is 16.4 Å². The van der Waals surface area contributed by atoms with E-state index in [1.807, 2.05) is 42.2 Å². The van der Waals surface area contributed by atoms with Crippen LogP contribution in [0.1, 0.15) is 17.0 Å². The number of carbonyl (C=O) groups is 1. The third kappa shape index (κ3) is 4.18. The van der Waals surface area contributed by atoms with Crippen LogP contribution in [0.3, 0.4) is 0 Å². The largest absolute Gasteiger partial charge is 0.486 e. The van der Waals surface area contributed by atoms with Gasteiger partial charge in [-0.05, 0) is 53.8 Å². The number of amides is 1. The summed E-state index contributed by atoms with van der Waals surface area (Å²) in [5, 5.41) is 0. The van der Waals surface area contributed by atoms with E-state index in [0.717, 1.165) is 40.6 Å². The van der Waals surface area contributed by atoms with Gasteiger partial charge in [0.15, 0.2) is 11.5 Å². The number of ether oxygens (including phenoxy) is 2. The van der Waals surface area contributed by atoms with Crippen molar-refractivity contribution >= 4 is 17.9 Å². The highest BCUT2D eigenvalue weighted by atomic mass is 32.2. The molecular formula is C24H27N3O3S. The number of carbonyl (C=O) groups excluding carboxylic acids is 1. The first kappa shape index (κ1) is 20.4. The number of rotatable bonds is 5. The molecule has 0 saturated carbocycles. The molecule has 0 radical (unpaired) electrons. The zero-order chi connectivity index (χ0) is 21.4. The van der Waals surface area contributed by atoms with Gasteiger partial charge in [0, 0.05) is 37.6 Å². The number of hydrogen-bond acceptors (Lipinski definition) is 6. The topological polar surface area (TPSA) is 68.0 Å². The molecule has 2 N–H and O–H groups in total. The maximum atomic E-state index is 13.2. The normalized spacial score (nSPS) is 19.0. The van der Waals surface area contributed by atoms with Crippen LogP contribution in [0.2, 0.25) is 0 Å². The quantitative estimate of drug-likeness (QED) is 0.573. The highest BCUT2D eigenvalue weighted by molar-refractivity contribution is 7.97. The molecule has 1 unspecified atom stereocenters. The van der Waals surface area contributed by atoms with Crippen molar-refractivity contribution in [1.29, 1.82) is 0 Å². The minimum absolute atomic E-state index is 0.133. The van der Waals surface area contributed by atoms with Gasteiger partial charge >= 0.3 is 0 Å². The van der Waals surface area contributed by atoms with Crippen LogP contribution in [0.25, 0.3) is 0 Å². The van der Waals surface area contributed by atoms with Crippen LogP contribution >= 0.6 is 11.9 Å². The van der Waals surface area contributed by atoms with E-state index in [4.69, 9.17) is 15.2 Å². The van der Waals surface area contributed by atoms with Crippen molar-refractivity contribution in [3.63, 3.8) is 0 Å². The van der Waals surface area contributed by atoms with Gasteiger partial charge in [0.2, 0.25) is 5.91 Å². The van der Waals surface area contributed by atoms with Crippen molar-refractivity contribution in [1.82, 2.24) is 9.21 Å². The molecule has 162 valence electrons. The summed E-state index contributed by atoms with van der Waals surface area (Å²) in [5.41, 5.74) is 10.9. The van der Waals surface area contributed by atoms with Gasteiger partial charge in [-0.3, -0.25) is 4.79 Å². The number of nitrogens with zero attached hydrogens (tertiary/aromatic N) is 2. The zero-order valence-corrected chi connectivity index (χ0v) is 18.5. The van der Waals surface area contributed by atoms with Crippen molar-refractivity contribution in [3.05, 3.63) is 64.7 Å². The minimum atomic E-state index is -0.275. The average Bonchev–Trinajstić information content (AvgIpc) is 3.33. The molecule has 0 aliphatic carbocycles. The fourth-order valence-electron chi connectivity index (χ4n) is 4.48. The standard InChI is InChI=1S/C24H27N3O3S/c1-16-3-2-4-17(9-16)21(11-25)24(28)26-12-18-14-27(15-19(18)13-26)31-20-5-6-22-23(10-20)30-8-7-29-22/h2-6,9-10,21H,7-8,11-15,25H2,1H3. The molecule has 5 rings (SSSR count). The first-order valence-electron chi connectivity index (χ1n) is 10.7. The molecule has 1 atom stereocenters. The second-order valence-corrected chi connectivity index (χ2v) is 9.47. The van der Waals surface area contributed by atoms with Gasteiger partial charge in [-0.1, -0.05) is 29.8 Å². The predicted molar refractivity (Wildman–Crippen MR) is 121 cm³/mol. The van der Waals surface area contributed by atoms with E-state index in [1.165, 1.54) is 11.1 Å². The average molecular weight is 438 g/mol. The number of hydrogen-bond donors (Lipinski definition) is 1. The number of aryl methyl sites for hydroxylation is 1. The molecular weight excluding hydrogens is 410 g/mol. The lowest BCUT2D eigenvalue weighted by atomic mass is 9.96. The molecule has 0 fully saturated rings. The molecule has 3 aliphatic rings. The molecule has 2 aromatic rings. The third-order valence-electron chi connectivity index (χ3n) is 6.04. The van der Waals surface area contributed by atoms with Gasteiger partial charge in [-0.25, -0.2) is 4.31 Å². The Balaban J connectivity index is 1.19. The van der Waals surface area contributed by atoms with Crippen molar-refractivity contribution in [2.45, 2.75) is 17.7 Å². The Kier molecular flexibility index (Phi) is 5.65. The van der Waals surface area contributed by atoms with Crippen LogP contribution in [0, 0.1) is 6.92 Å². The third-order valence-corrected chi connectivity index (χ3v) is 7.02. The number of benzene rings is 2. The summed E-state index contributed by atoms with van der Waals surface area (Å²) in [6.45, 7) is 6.72. The van der Waals surface area contributed by atoms with Crippen LogP contribution in [0.4, 0.5) is 0 Å². The summed E-state index contributed by atoms with van der Waals surface area (Å²) in [6, 6.07) is 14.2. The maximum absolute atomic E-state index is 13.2. The molecule has 0 bridgehead atoms. The highest BCUT2D eigenvalue weighted by Crippen LogP contribution is 2.38. The molecule has 6 nitrogen and oxygen atoms in total. The van der Waals surface area contributed by atoms with Gasteiger partial charge in [0.05, 0.1) is 5.92 Å². The van der Waals surface area contributed by atoms with E-state index < -0.39 is 0 Å². The van der Waals surface area contributed by atoms with Crippen LogP contribution in [-0.4, -0.2) is 61.0 Å². The SMILES string of the molecule is Cc1cccc(C(CN)C(=O)N2CC3=C(CN(Sc4ccc5c(c4)OCCO5)C3)C2)c1.